The fraction of sp³-hybridized carbons (Fsp3) is 0.452. The van der Waals surface area contributed by atoms with Crippen LogP contribution in [0.1, 0.15) is 42.7 Å². The number of urea groups is 1. The molecule has 2 heterocycles. The minimum atomic E-state index is -0.810. The van der Waals surface area contributed by atoms with E-state index in [4.69, 9.17) is 18.9 Å². The summed E-state index contributed by atoms with van der Waals surface area (Å²) >= 11 is 0. The summed E-state index contributed by atoms with van der Waals surface area (Å²) in [5, 5.41) is 2.99. The molecule has 4 rings (SSSR count). The Hall–Kier alpha value is -4.25. The highest BCUT2D eigenvalue weighted by Gasteiger charge is 2.40. The molecule has 1 N–H and O–H groups in total. The van der Waals surface area contributed by atoms with Crippen molar-refractivity contribution >= 4 is 17.9 Å². The van der Waals surface area contributed by atoms with E-state index in [0.717, 1.165) is 0 Å². The van der Waals surface area contributed by atoms with Gasteiger partial charge in [-0.3, -0.25) is 14.6 Å². The number of ether oxygens (including phenoxy) is 4. The first-order chi connectivity index (χ1) is 20.3. The van der Waals surface area contributed by atoms with Gasteiger partial charge in [0.15, 0.2) is 0 Å². The number of esters is 1. The zero-order valence-corrected chi connectivity index (χ0v) is 25.1. The van der Waals surface area contributed by atoms with Crippen LogP contribution in [-0.4, -0.2) is 99.3 Å². The van der Waals surface area contributed by atoms with E-state index >= 15 is 0 Å². The normalized spacial score (nSPS) is 19.3. The fourth-order valence-electron chi connectivity index (χ4n) is 5.55. The Kier molecular flexibility index (Phi) is 9.95. The Morgan fingerprint density at radius 1 is 0.952 bits per heavy atom. The van der Waals surface area contributed by atoms with Crippen LogP contribution in [0.5, 0.6) is 17.2 Å². The molecule has 226 valence electrons. The molecule has 0 spiro atoms. The number of rotatable bonds is 10. The van der Waals surface area contributed by atoms with Crippen molar-refractivity contribution in [2.75, 3.05) is 60.7 Å². The molecule has 42 heavy (non-hydrogen) atoms. The van der Waals surface area contributed by atoms with E-state index in [1.165, 1.54) is 7.11 Å². The second-order valence-corrected chi connectivity index (χ2v) is 10.1. The molecule has 0 aliphatic carbocycles. The lowest BCUT2D eigenvalue weighted by Crippen LogP contribution is -2.56. The second-order valence-electron chi connectivity index (χ2n) is 10.1. The predicted molar refractivity (Wildman–Crippen MR) is 157 cm³/mol. The van der Waals surface area contributed by atoms with Crippen molar-refractivity contribution in [3.8, 4) is 17.2 Å². The van der Waals surface area contributed by atoms with Gasteiger partial charge >= 0.3 is 12.0 Å². The van der Waals surface area contributed by atoms with Gasteiger partial charge in [0, 0.05) is 55.6 Å². The third-order valence-electron chi connectivity index (χ3n) is 7.68. The van der Waals surface area contributed by atoms with E-state index in [9.17, 15) is 14.4 Å². The summed E-state index contributed by atoms with van der Waals surface area (Å²) < 4.78 is 21.8. The molecule has 0 radical (unpaired) electrons. The average Bonchev–Trinajstić information content (AvgIpc) is 3.00. The molecule has 2 unspecified atom stereocenters. The van der Waals surface area contributed by atoms with Crippen LogP contribution < -0.4 is 19.5 Å². The van der Waals surface area contributed by atoms with Gasteiger partial charge in [-0.25, -0.2) is 9.59 Å². The van der Waals surface area contributed by atoms with Crippen molar-refractivity contribution < 1.29 is 33.3 Å². The number of hydrogen-bond acceptors (Lipinski definition) is 8. The standard InChI is InChI=1S/C31H40N4O7/c1-7-34-25(19-33-15-16-35(20(3)18-33)29(36)21-9-11-22(39-4)12-10-21)27(30(37)42-8-2)28(32-31(34)38)24-17-23(40-5)13-14-26(24)41-6/h9-14,17,20,28H,7-8,15-16,18-19H2,1-6H3,(H,32,38). The first-order valence-electron chi connectivity index (χ1n) is 14.1. The maximum Gasteiger partial charge on any atom is 0.338 e. The maximum absolute atomic E-state index is 13.6. The molecule has 2 aliphatic rings. The lowest BCUT2D eigenvalue weighted by molar-refractivity contribution is -0.139. The van der Waals surface area contributed by atoms with Gasteiger partial charge in [-0.15, -0.1) is 0 Å². The number of methoxy groups -OCH3 is 3. The molecule has 0 bridgehead atoms. The van der Waals surface area contributed by atoms with Gasteiger partial charge in [0.25, 0.3) is 5.91 Å². The number of piperazine rings is 1. The molecule has 1 fully saturated rings. The number of likely N-dealkylation sites (N-methyl/N-ethyl adjacent to an activating group) is 1. The summed E-state index contributed by atoms with van der Waals surface area (Å²) in [4.78, 5) is 45.9. The van der Waals surface area contributed by atoms with Crippen LogP contribution >= 0.6 is 0 Å². The Labute approximate surface area is 246 Å². The summed E-state index contributed by atoms with van der Waals surface area (Å²) in [5.41, 5.74) is 2.09. The molecule has 11 heteroatoms. The molecule has 2 aromatic rings. The van der Waals surface area contributed by atoms with Crippen molar-refractivity contribution in [1.29, 1.82) is 0 Å². The lowest BCUT2D eigenvalue weighted by atomic mass is 9.93. The van der Waals surface area contributed by atoms with Crippen molar-refractivity contribution in [2.24, 2.45) is 0 Å². The van der Waals surface area contributed by atoms with Crippen molar-refractivity contribution in [1.82, 2.24) is 20.0 Å². The Morgan fingerprint density at radius 2 is 1.64 bits per heavy atom. The summed E-state index contributed by atoms with van der Waals surface area (Å²) in [6, 6.07) is 11.1. The van der Waals surface area contributed by atoms with Gasteiger partial charge < -0.3 is 29.2 Å². The van der Waals surface area contributed by atoms with E-state index < -0.39 is 12.0 Å². The van der Waals surface area contributed by atoms with Gasteiger partial charge in [-0.05, 0) is 63.2 Å². The number of nitrogens with zero attached hydrogens (tertiary/aromatic N) is 3. The number of hydrogen-bond donors (Lipinski definition) is 1. The Bertz CT molecular complexity index is 1330. The topological polar surface area (TPSA) is 110 Å². The van der Waals surface area contributed by atoms with Gasteiger partial charge in [0.1, 0.15) is 17.2 Å². The monoisotopic (exact) mass is 580 g/mol. The smallest absolute Gasteiger partial charge is 0.338 e. The number of carbonyl (C=O) groups is 3. The van der Waals surface area contributed by atoms with Gasteiger partial charge in [-0.2, -0.15) is 0 Å². The number of benzene rings is 2. The Balaban J connectivity index is 1.66. The van der Waals surface area contributed by atoms with Crippen molar-refractivity contribution in [2.45, 2.75) is 32.9 Å². The summed E-state index contributed by atoms with van der Waals surface area (Å²) in [6.45, 7) is 8.11. The maximum atomic E-state index is 13.6. The predicted octanol–water partition coefficient (Wildman–Crippen LogP) is 3.46. The molecule has 0 aromatic heterocycles. The van der Waals surface area contributed by atoms with Crippen LogP contribution in [0.4, 0.5) is 4.79 Å². The fourth-order valence-corrected chi connectivity index (χ4v) is 5.55. The van der Waals surface area contributed by atoms with E-state index in [1.807, 2.05) is 18.7 Å². The largest absolute Gasteiger partial charge is 0.497 e. The molecule has 2 aliphatic heterocycles. The zero-order chi connectivity index (χ0) is 30.4. The minimum Gasteiger partial charge on any atom is -0.497 e. The van der Waals surface area contributed by atoms with Gasteiger partial charge in [0.05, 0.1) is 39.6 Å². The molecule has 2 atom stereocenters. The molecule has 0 saturated carbocycles. The highest BCUT2D eigenvalue weighted by Crippen LogP contribution is 2.38. The highest BCUT2D eigenvalue weighted by atomic mass is 16.5. The molecular formula is C31H40N4O7. The molecular weight excluding hydrogens is 540 g/mol. The number of amides is 3. The summed E-state index contributed by atoms with van der Waals surface area (Å²) in [7, 11) is 4.68. The lowest BCUT2D eigenvalue weighted by Gasteiger charge is -2.43. The number of carbonyl (C=O) groups excluding carboxylic acids is 3. The second kappa shape index (κ2) is 13.6. The summed E-state index contributed by atoms with van der Waals surface area (Å²) in [5.74, 6) is 1.20. The van der Waals surface area contributed by atoms with Crippen LogP contribution in [0, 0.1) is 0 Å². The van der Waals surface area contributed by atoms with Crippen LogP contribution in [0.15, 0.2) is 53.7 Å². The van der Waals surface area contributed by atoms with Crippen LogP contribution in [0.2, 0.25) is 0 Å². The first-order valence-corrected chi connectivity index (χ1v) is 14.1. The summed E-state index contributed by atoms with van der Waals surface area (Å²) in [6.07, 6.45) is 0. The van der Waals surface area contributed by atoms with Crippen molar-refractivity contribution in [3.05, 3.63) is 64.9 Å². The third kappa shape index (κ3) is 6.30. The first kappa shape index (κ1) is 30.7. The Morgan fingerprint density at radius 3 is 2.24 bits per heavy atom. The minimum absolute atomic E-state index is 0.0476. The van der Waals surface area contributed by atoms with Crippen LogP contribution in [0.3, 0.4) is 0 Å². The number of nitrogens with one attached hydrogen (secondary N) is 1. The van der Waals surface area contributed by atoms with E-state index in [1.54, 1.807) is 68.5 Å². The van der Waals surface area contributed by atoms with Gasteiger partial charge in [0.2, 0.25) is 0 Å². The van der Waals surface area contributed by atoms with E-state index in [-0.39, 0.29) is 24.6 Å². The molecule has 3 amide bonds. The molecule has 2 aromatic carbocycles. The van der Waals surface area contributed by atoms with Crippen LogP contribution in [0.25, 0.3) is 0 Å². The van der Waals surface area contributed by atoms with Crippen LogP contribution in [-0.2, 0) is 9.53 Å². The highest BCUT2D eigenvalue weighted by molar-refractivity contribution is 5.96. The quantitative estimate of drug-likeness (QED) is 0.426. The van der Waals surface area contributed by atoms with E-state index in [2.05, 4.69) is 10.2 Å². The average molecular weight is 581 g/mol. The SMILES string of the molecule is CCOC(=O)C1=C(CN2CCN(C(=O)c3ccc(OC)cc3)C(C)C2)N(CC)C(=O)NC1c1cc(OC)ccc1OC. The zero-order valence-electron chi connectivity index (χ0n) is 25.1. The van der Waals surface area contributed by atoms with E-state index in [0.29, 0.717) is 72.4 Å². The molecule has 11 nitrogen and oxygen atoms in total. The van der Waals surface area contributed by atoms with Gasteiger partial charge in [-0.1, -0.05) is 0 Å². The van der Waals surface area contributed by atoms with Crippen molar-refractivity contribution in [3.63, 3.8) is 0 Å². The molecule has 1 saturated heterocycles. The third-order valence-corrected chi connectivity index (χ3v) is 7.68.